The maximum absolute atomic E-state index is 12.7. The first kappa shape index (κ1) is 18.5. The number of nitrogens with zero attached hydrogens (tertiary/aromatic N) is 3. The molecule has 7 nitrogen and oxygen atoms in total. The maximum atomic E-state index is 12.7. The molecule has 1 saturated heterocycles. The molecule has 0 bridgehead atoms. The molecule has 0 radical (unpaired) electrons. The first-order valence-corrected chi connectivity index (χ1v) is 9.31. The molecule has 0 saturated carbocycles. The normalized spacial score (nSPS) is 15.1. The Hall–Kier alpha value is -2.90. The van der Waals surface area contributed by atoms with Gasteiger partial charge in [0.2, 0.25) is 0 Å². The summed E-state index contributed by atoms with van der Waals surface area (Å²) in [5, 5.41) is 11.8. The molecule has 2 aromatic carbocycles. The summed E-state index contributed by atoms with van der Waals surface area (Å²) in [6.45, 7) is 3.64. The molecule has 1 aliphatic heterocycles. The first-order chi connectivity index (χ1) is 13.5. The van der Waals surface area contributed by atoms with Gasteiger partial charge >= 0.3 is 0 Å². The van der Waals surface area contributed by atoms with Crippen molar-refractivity contribution in [2.45, 2.75) is 6.54 Å². The molecule has 1 fully saturated rings. The number of halogens is 1. The Bertz CT molecular complexity index is 1070. The molecular formula is C20H18ClN3O4. The van der Waals surface area contributed by atoms with Crippen molar-refractivity contribution in [3.05, 3.63) is 79.7 Å². The molecule has 4 rings (SSSR count). The number of nitro benzene ring substituents is 1. The summed E-state index contributed by atoms with van der Waals surface area (Å²) in [7, 11) is 0. The highest BCUT2D eigenvalue weighted by Crippen LogP contribution is 2.22. The summed E-state index contributed by atoms with van der Waals surface area (Å²) in [4.78, 5) is 27.5. The highest BCUT2D eigenvalue weighted by Gasteiger charge is 2.19. The van der Waals surface area contributed by atoms with Gasteiger partial charge in [-0.15, -0.1) is 0 Å². The van der Waals surface area contributed by atoms with Crippen LogP contribution in [0, 0.1) is 10.1 Å². The third-order valence-electron chi connectivity index (χ3n) is 5.00. The van der Waals surface area contributed by atoms with E-state index in [1.165, 1.54) is 18.4 Å². The fourth-order valence-corrected chi connectivity index (χ4v) is 3.61. The Morgan fingerprint density at radius 1 is 1.07 bits per heavy atom. The summed E-state index contributed by atoms with van der Waals surface area (Å²) in [6, 6.07) is 11.6. The molecule has 144 valence electrons. The third-order valence-corrected chi connectivity index (χ3v) is 5.23. The van der Waals surface area contributed by atoms with Gasteiger partial charge in [0.15, 0.2) is 5.43 Å². The number of fused-ring (bicyclic) bond motifs is 1. The van der Waals surface area contributed by atoms with Gasteiger partial charge in [0.25, 0.3) is 5.69 Å². The molecule has 0 spiro atoms. The van der Waals surface area contributed by atoms with E-state index in [1.54, 1.807) is 30.3 Å². The van der Waals surface area contributed by atoms with E-state index in [2.05, 4.69) is 9.80 Å². The van der Waals surface area contributed by atoms with Crippen LogP contribution in [0.25, 0.3) is 11.0 Å². The van der Waals surface area contributed by atoms with Crippen molar-refractivity contribution in [1.29, 1.82) is 0 Å². The van der Waals surface area contributed by atoms with Crippen LogP contribution in [0.5, 0.6) is 0 Å². The number of anilines is 1. The van der Waals surface area contributed by atoms with E-state index in [1.807, 2.05) is 0 Å². The van der Waals surface area contributed by atoms with E-state index in [4.69, 9.17) is 16.0 Å². The summed E-state index contributed by atoms with van der Waals surface area (Å²) < 4.78 is 5.59. The number of nitro groups is 1. The van der Waals surface area contributed by atoms with Crippen molar-refractivity contribution in [3.8, 4) is 0 Å². The number of benzene rings is 2. The van der Waals surface area contributed by atoms with Crippen molar-refractivity contribution in [2.75, 3.05) is 31.1 Å². The predicted octanol–water partition coefficient (Wildman–Crippen LogP) is 3.68. The standard InChI is InChI=1S/C20H18ClN3O4/c21-15-1-6-19-18(11-15)20(25)14(13-28-19)12-22-7-9-23(10-8-22)16-2-4-17(5-3-16)24(26)27/h1-6,11,13H,7-10,12H2. The second kappa shape index (κ2) is 7.61. The van der Waals surface area contributed by atoms with Crippen LogP contribution in [0.1, 0.15) is 5.56 Å². The van der Waals surface area contributed by atoms with Gasteiger partial charge in [0, 0.05) is 61.1 Å². The summed E-state index contributed by atoms with van der Waals surface area (Å²) in [6.07, 6.45) is 1.53. The molecule has 0 amide bonds. The van der Waals surface area contributed by atoms with Crippen molar-refractivity contribution in [2.24, 2.45) is 0 Å². The van der Waals surface area contributed by atoms with Gasteiger partial charge in [0.1, 0.15) is 5.58 Å². The highest BCUT2D eigenvalue weighted by molar-refractivity contribution is 6.31. The molecule has 28 heavy (non-hydrogen) atoms. The van der Waals surface area contributed by atoms with Gasteiger partial charge in [-0.3, -0.25) is 19.8 Å². The maximum Gasteiger partial charge on any atom is 0.269 e. The van der Waals surface area contributed by atoms with Crippen LogP contribution < -0.4 is 10.3 Å². The minimum atomic E-state index is -0.399. The SMILES string of the molecule is O=c1c(CN2CCN(c3ccc([N+](=O)[O-])cc3)CC2)coc2ccc(Cl)cc12. The molecule has 0 atom stereocenters. The van der Waals surface area contributed by atoms with E-state index in [0.29, 0.717) is 28.1 Å². The number of non-ortho nitro benzene ring substituents is 1. The quantitative estimate of drug-likeness (QED) is 0.492. The van der Waals surface area contributed by atoms with Crippen molar-refractivity contribution in [1.82, 2.24) is 4.90 Å². The van der Waals surface area contributed by atoms with Gasteiger partial charge in [-0.1, -0.05) is 11.6 Å². The second-order valence-electron chi connectivity index (χ2n) is 6.77. The largest absolute Gasteiger partial charge is 0.464 e. The lowest BCUT2D eigenvalue weighted by molar-refractivity contribution is -0.384. The molecule has 1 aromatic heterocycles. The zero-order valence-corrected chi connectivity index (χ0v) is 15.8. The Balaban J connectivity index is 1.43. The van der Waals surface area contributed by atoms with E-state index in [9.17, 15) is 14.9 Å². The zero-order valence-electron chi connectivity index (χ0n) is 15.0. The smallest absolute Gasteiger partial charge is 0.269 e. The van der Waals surface area contributed by atoms with Gasteiger partial charge in [-0.2, -0.15) is 0 Å². The number of rotatable bonds is 4. The van der Waals surface area contributed by atoms with Crippen molar-refractivity contribution >= 4 is 33.9 Å². The summed E-state index contributed by atoms with van der Waals surface area (Å²) >= 11 is 6.00. The average Bonchev–Trinajstić information content (AvgIpc) is 2.71. The average molecular weight is 400 g/mol. The topological polar surface area (TPSA) is 79.8 Å². The van der Waals surface area contributed by atoms with Gasteiger partial charge in [0.05, 0.1) is 16.6 Å². The van der Waals surface area contributed by atoms with Crippen LogP contribution in [0.2, 0.25) is 5.02 Å². The highest BCUT2D eigenvalue weighted by atomic mass is 35.5. The van der Waals surface area contributed by atoms with Crippen LogP contribution in [0.15, 0.2) is 57.9 Å². The van der Waals surface area contributed by atoms with Gasteiger partial charge < -0.3 is 9.32 Å². The summed E-state index contributed by atoms with van der Waals surface area (Å²) in [5.74, 6) is 0. The fraction of sp³-hybridized carbons (Fsp3) is 0.250. The number of hydrogen-bond acceptors (Lipinski definition) is 6. The zero-order chi connectivity index (χ0) is 19.7. The lowest BCUT2D eigenvalue weighted by Gasteiger charge is -2.35. The Morgan fingerprint density at radius 2 is 1.79 bits per heavy atom. The molecule has 3 aromatic rings. The Labute approximate surface area is 165 Å². The molecule has 0 aliphatic carbocycles. The van der Waals surface area contributed by atoms with Crippen LogP contribution in [-0.4, -0.2) is 36.0 Å². The van der Waals surface area contributed by atoms with Crippen molar-refractivity contribution in [3.63, 3.8) is 0 Å². The summed E-state index contributed by atoms with van der Waals surface area (Å²) in [5.41, 5.74) is 2.14. The molecular weight excluding hydrogens is 382 g/mol. The van der Waals surface area contributed by atoms with Gasteiger partial charge in [-0.25, -0.2) is 0 Å². The van der Waals surface area contributed by atoms with Crippen LogP contribution in [0.3, 0.4) is 0 Å². The third kappa shape index (κ3) is 3.72. The number of piperazine rings is 1. The Morgan fingerprint density at radius 3 is 2.46 bits per heavy atom. The van der Waals surface area contributed by atoms with Crippen LogP contribution in [-0.2, 0) is 6.54 Å². The minimum absolute atomic E-state index is 0.0541. The monoisotopic (exact) mass is 399 g/mol. The molecule has 2 heterocycles. The van der Waals surface area contributed by atoms with E-state index in [-0.39, 0.29) is 11.1 Å². The fourth-order valence-electron chi connectivity index (χ4n) is 3.44. The lowest BCUT2D eigenvalue weighted by atomic mass is 10.1. The predicted molar refractivity (Wildman–Crippen MR) is 108 cm³/mol. The second-order valence-corrected chi connectivity index (χ2v) is 7.20. The van der Waals surface area contributed by atoms with Gasteiger partial charge in [-0.05, 0) is 30.3 Å². The lowest BCUT2D eigenvalue weighted by Crippen LogP contribution is -2.46. The van der Waals surface area contributed by atoms with Crippen LogP contribution in [0.4, 0.5) is 11.4 Å². The van der Waals surface area contributed by atoms with E-state index >= 15 is 0 Å². The molecule has 1 aliphatic rings. The van der Waals surface area contributed by atoms with Crippen molar-refractivity contribution < 1.29 is 9.34 Å². The van der Waals surface area contributed by atoms with Crippen LogP contribution >= 0.6 is 11.6 Å². The number of hydrogen-bond donors (Lipinski definition) is 0. The minimum Gasteiger partial charge on any atom is -0.464 e. The molecule has 0 N–H and O–H groups in total. The Kier molecular flexibility index (Phi) is 5.02. The molecule has 0 unspecified atom stereocenters. The van der Waals surface area contributed by atoms with E-state index in [0.717, 1.165) is 31.9 Å². The molecule has 8 heteroatoms. The first-order valence-electron chi connectivity index (χ1n) is 8.93. The van der Waals surface area contributed by atoms with E-state index < -0.39 is 4.92 Å².